The maximum Gasteiger partial charge on any atom is 0.387 e. The number of carbonyl (C=O) groups excluding carboxylic acids is 1. The Labute approximate surface area is 145 Å². The molecule has 2 aromatic rings. The lowest BCUT2D eigenvalue weighted by molar-refractivity contribution is -0.0502. The van der Waals surface area contributed by atoms with Crippen LogP contribution in [0.4, 0.5) is 8.78 Å². The fourth-order valence-electron chi connectivity index (χ4n) is 3.37. The number of hydrogen-bond donors (Lipinski definition) is 1. The van der Waals surface area contributed by atoms with Crippen LogP contribution in [0.3, 0.4) is 0 Å². The molecule has 1 amide bonds. The number of halogens is 2. The maximum atomic E-state index is 13.0. The van der Waals surface area contributed by atoms with Crippen LogP contribution in [0.25, 0.3) is 10.8 Å². The maximum absolute atomic E-state index is 13.0. The van der Waals surface area contributed by atoms with E-state index < -0.39 is 6.61 Å². The van der Waals surface area contributed by atoms with E-state index in [1.54, 1.807) is 23.1 Å². The minimum atomic E-state index is -3.00. The summed E-state index contributed by atoms with van der Waals surface area (Å²) in [5.41, 5.74) is -0.240. The Morgan fingerprint density at radius 2 is 2.00 bits per heavy atom. The number of aliphatic hydroxyl groups excluding tert-OH is 1. The minimum Gasteiger partial charge on any atom is -0.434 e. The molecule has 3 rings (SSSR count). The van der Waals surface area contributed by atoms with Crippen molar-refractivity contribution < 1.29 is 23.4 Å². The zero-order chi connectivity index (χ0) is 18.0. The molecule has 1 aliphatic rings. The summed E-state index contributed by atoms with van der Waals surface area (Å²) in [5, 5.41) is 11.1. The zero-order valence-corrected chi connectivity index (χ0v) is 14.0. The molecule has 0 aromatic heterocycles. The number of nitrogens with zero attached hydrogens (tertiary/aromatic N) is 1. The van der Waals surface area contributed by atoms with E-state index in [2.05, 4.69) is 4.74 Å². The average molecular weight is 349 g/mol. The SMILES string of the molecule is CC1(CO)CCCN(C(=O)c2cc3ccccc3cc2OC(F)F)C1. The number of benzene rings is 2. The van der Waals surface area contributed by atoms with Gasteiger partial charge in [0.15, 0.2) is 0 Å². The van der Waals surface area contributed by atoms with Gasteiger partial charge in [-0.3, -0.25) is 4.79 Å². The average Bonchev–Trinajstić information content (AvgIpc) is 2.60. The van der Waals surface area contributed by atoms with Gasteiger partial charge in [-0.25, -0.2) is 0 Å². The summed E-state index contributed by atoms with van der Waals surface area (Å²) in [6.45, 7) is -0.173. The first-order valence-corrected chi connectivity index (χ1v) is 8.30. The second-order valence-electron chi connectivity index (χ2n) is 6.87. The molecule has 1 unspecified atom stereocenters. The third-order valence-electron chi connectivity index (χ3n) is 4.74. The van der Waals surface area contributed by atoms with Crippen LogP contribution < -0.4 is 4.74 Å². The van der Waals surface area contributed by atoms with Gasteiger partial charge in [0.25, 0.3) is 5.91 Å². The van der Waals surface area contributed by atoms with Crippen molar-refractivity contribution in [1.29, 1.82) is 0 Å². The number of hydrogen-bond acceptors (Lipinski definition) is 3. The number of carbonyl (C=O) groups is 1. The lowest BCUT2D eigenvalue weighted by atomic mass is 9.82. The van der Waals surface area contributed by atoms with E-state index in [4.69, 9.17) is 0 Å². The molecule has 1 N–H and O–H groups in total. The summed E-state index contributed by atoms with van der Waals surface area (Å²) in [6.07, 6.45) is 1.59. The summed E-state index contributed by atoms with van der Waals surface area (Å²) in [7, 11) is 0. The number of piperidine rings is 1. The van der Waals surface area contributed by atoms with Crippen molar-refractivity contribution in [2.45, 2.75) is 26.4 Å². The third-order valence-corrected chi connectivity index (χ3v) is 4.74. The molecule has 0 spiro atoms. The first-order chi connectivity index (χ1) is 11.9. The third kappa shape index (κ3) is 3.74. The monoisotopic (exact) mass is 349 g/mol. The van der Waals surface area contributed by atoms with E-state index in [1.165, 1.54) is 6.07 Å². The van der Waals surface area contributed by atoms with E-state index in [1.807, 2.05) is 19.1 Å². The Morgan fingerprint density at radius 3 is 2.64 bits per heavy atom. The van der Waals surface area contributed by atoms with Crippen LogP contribution in [0.15, 0.2) is 36.4 Å². The molecular formula is C19H21F2NO3. The summed E-state index contributed by atoms with van der Waals surface area (Å²) >= 11 is 0. The van der Waals surface area contributed by atoms with E-state index in [9.17, 15) is 18.7 Å². The molecule has 1 fully saturated rings. The number of ether oxygens (including phenoxy) is 1. The summed E-state index contributed by atoms with van der Waals surface area (Å²) in [4.78, 5) is 14.6. The first kappa shape index (κ1) is 17.6. The van der Waals surface area contributed by atoms with E-state index in [0.717, 1.165) is 23.6 Å². The van der Waals surface area contributed by atoms with E-state index in [0.29, 0.717) is 13.1 Å². The topological polar surface area (TPSA) is 49.8 Å². The molecule has 134 valence electrons. The zero-order valence-electron chi connectivity index (χ0n) is 14.0. The molecular weight excluding hydrogens is 328 g/mol. The number of amides is 1. The lowest BCUT2D eigenvalue weighted by Crippen LogP contribution is -2.46. The Balaban J connectivity index is 1.99. The van der Waals surface area contributed by atoms with Gasteiger partial charge in [-0.1, -0.05) is 31.2 Å². The van der Waals surface area contributed by atoms with Gasteiger partial charge >= 0.3 is 6.61 Å². The largest absolute Gasteiger partial charge is 0.434 e. The molecule has 1 heterocycles. The van der Waals surface area contributed by atoms with Crippen molar-refractivity contribution >= 4 is 16.7 Å². The van der Waals surface area contributed by atoms with Gasteiger partial charge in [0.1, 0.15) is 5.75 Å². The highest BCUT2D eigenvalue weighted by atomic mass is 19.3. The van der Waals surface area contributed by atoms with E-state index in [-0.39, 0.29) is 29.2 Å². The van der Waals surface area contributed by atoms with Crippen LogP contribution >= 0.6 is 0 Å². The second-order valence-corrected chi connectivity index (χ2v) is 6.87. The second kappa shape index (κ2) is 6.96. The van der Waals surface area contributed by atoms with Crippen LogP contribution in [-0.2, 0) is 0 Å². The fraction of sp³-hybridized carbons (Fsp3) is 0.421. The lowest BCUT2D eigenvalue weighted by Gasteiger charge is -2.39. The molecule has 6 heteroatoms. The Hall–Kier alpha value is -2.21. The molecule has 4 nitrogen and oxygen atoms in total. The number of fused-ring (bicyclic) bond motifs is 1. The first-order valence-electron chi connectivity index (χ1n) is 8.30. The Bertz CT molecular complexity index is 780. The summed E-state index contributed by atoms with van der Waals surface area (Å²) in [5.74, 6) is -0.462. The standard InChI is InChI=1S/C19H21F2NO3/c1-19(12-23)7-4-8-22(11-19)17(24)15-9-13-5-2-3-6-14(13)10-16(15)25-18(20)21/h2-3,5-6,9-10,18,23H,4,7-8,11-12H2,1H3. The molecule has 2 aromatic carbocycles. The van der Waals surface area contributed by atoms with Crippen LogP contribution in [0.1, 0.15) is 30.1 Å². The molecule has 0 radical (unpaired) electrons. The Kier molecular flexibility index (Phi) is 4.90. The highest BCUT2D eigenvalue weighted by molar-refractivity contribution is 6.01. The Morgan fingerprint density at radius 1 is 1.32 bits per heavy atom. The highest BCUT2D eigenvalue weighted by Crippen LogP contribution is 2.33. The summed E-state index contributed by atoms with van der Waals surface area (Å²) in [6, 6.07) is 10.3. The normalized spacial score (nSPS) is 20.9. The van der Waals surface area contributed by atoms with Gasteiger partial charge in [0.05, 0.1) is 12.2 Å². The minimum absolute atomic E-state index is 0.0190. The molecule has 1 saturated heterocycles. The molecule has 0 bridgehead atoms. The van der Waals surface area contributed by atoms with Gasteiger partial charge in [-0.05, 0) is 35.7 Å². The van der Waals surface area contributed by atoms with Crippen molar-refractivity contribution in [2.75, 3.05) is 19.7 Å². The number of rotatable bonds is 4. The molecule has 25 heavy (non-hydrogen) atoms. The predicted octanol–water partition coefficient (Wildman–Crippen LogP) is 3.68. The number of aliphatic hydroxyl groups is 1. The fourth-order valence-corrected chi connectivity index (χ4v) is 3.37. The molecule has 1 atom stereocenters. The summed E-state index contributed by atoms with van der Waals surface area (Å²) < 4.78 is 30.2. The number of alkyl halides is 2. The van der Waals surface area contributed by atoms with Crippen LogP contribution in [-0.4, -0.2) is 42.2 Å². The molecule has 0 aliphatic carbocycles. The highest BCUT2D eigenvalue weighted by Gasteiger charge is 2.34. The van der Waals surface area contributed by atoms with E-state index >= 15 is 0 Å². The molecule has 0 saturated carbocycles. The van der Waals surface area contributed by atoms with Gasteiger partial charge in [0.2, 0.25) is 0 Å². The van der Waals surface area contributed by atoms with Crippen molar-refractivity contribution in [3.05, 3.63) is 42.0 Å². The van der Waals surface area contributed by atoms with Crippen LogP contribution in [0.5, 0.6) is 5.75 Å². The van der Waals surface area contributed by atoms with Gasteiger partial charge in [-0.2, -0.15) is 8.78 Å². The van der Waals surface area contributed by atoms with Gasteiger partial charge < -0.3 is 14.7 Å². The van der Waals surface area contributed by atoms with Gasteiger partial charge in [0, 0.05) is 18.5 Å². The predicted molar refractivity (Wildman–Crippen MR) is 90.9 cm³/mol. The number of likely N-dealkylation sites (tertiary alicyclic amines) is 1. The van der Waals surface area contributed by atoms with Crippen molar-refractivity contribution in [3.8, 4) is 5.75 Å². The van der Waals surface area contributed by atoms with Crippen molar-refractivity contribution in [3.63, 3.8) is 0 Å². The van der Waals surface area contributed by atoms with Gasteiger partial charge in [-0.15, -0.1) is 0 Å². The van der Waals surface area contributed by atoms with Crippen LogP contribution in [0.2, 0.25) is 0 Å². The van der Waals surface area contributed by atoms with Crippen LogP contribution in [0, 0.1) is 5.41 Å². The molecule has 1 aliphatic heterocycles. The van der Waals surface area contributed by atoms with Crippen molar-refractivity contribution in [1.82, 2.24) is 4.90 Å². The smallest absolute Gasteiger partial charge is 0.387 e. The quantitative estimate of drug-likeness (QED) is 0.916. The van der Waals surface area contributed by atoms with Crippen molar-refractivity contribution in [2.24, 2.45) is 5.41 Å².